The Balaban J connectivity index is 2.44. The van der Waals surface area contributed by atoms with Crippen molar-refractivity contribution >= 4 is 17.9 Å². The van der Waals surface area contributed by atoms with Gasteiger partial charge in [0.1, 0.15) is 6.54 Å². The van der Waals surface area contributed by atoms with E-state index in [1.807, 2.05) is 0 Å². The number of nitrogen functional groups attached to an aromatic ring is 1. The van der Waals surface area contributed by atoms with Crippen LogP contribution in [0.4, 0.5) is 18.9 Å². The number of rotatable bonds is 5. The summed E-state index contributed by atoms with van der Waals surface area (Å²) in [6.07, 6.45) is -0.974. The number of nitrogens with one attached hydrogen (secondary N) is 1. The van der Waals surface area contributed by atoms with Gasteiger partial charge in [0.05, 0.1) is 18.4 Å². The Hall–Kier alpha value is -2.84. The Morgan fingerprint density at radius 1 is 1.46 bits per heavy atom. The Morgan fingerprint density at radius 2 is 2.17 bits per heavy atom. The molecule has 0 saturated heterocycles. The van der Waals surface area contributed by atoms with Gasteiger partial charge >= 0.3 is 12.1 Å². The summed E-state index contributed by atoms with van der Waals surface area (Å²) >= 11 is 0. The maximum Gasteiger partial charge on any atom is 0.416 e. The minimum Gasteiger partial charge on any atom is -0.465 e. The Morgan fingerprint density at radius 3 is 2.75 bits per heavy atom. The summed E-state index contributed by atoms with van der Waals surface area (Å²) < 4.78 is 44.9. The molecule has 0 radical (unpaired) electrons. The predicted molar refractivity (Wildman–Crippen MR) is 81.6 cm³/mol. The van der Waals surface area contributed by atoms with Gasteiger partial charge in [-0.2, -0.15) is 18.3 Å². The number of benzene rings is 1. The van der Waals surface area contributed by atoms with Crippen LogP contribution in [0.3, 0.4) is 0 Å². The molecule has 3 N–H and O–H groups in total. The van der Waals surface area contributed by atoms with Crippen molar-refractivity contribution in [3.05, 3.63) is 35.7 Å². The fraction of sp³-hybridized carbons (Fsp3) is 0.267. The lowest BCUT2D eigenvalue weighted by Crippen LogP contribution is -2.13. The number of hydrogen-bond donors (Lipinski definition) is 2. The molecule has 24 heavy (non-hydrogen) atoms. The van der Waals surface area contributed by atoms with Gasteiger partial charge in [0.15, 0.2) is 0 Å². The SMILES string of the molecule is CCOC(=O)Cn1cc(-c2cc(C(F)(F)F)cc(N)c2C=N)cn1. The molecule has 0 bridgehead atoms. The first-order valence-electron chi connectivity index (χ1n) is 6.96. The van der Waals surface area contributed by atoms with Crippen molar-refractivity contribution in [2.24, 2.45) is 0 Å². The molecular formula is C15H15F3N4O2. The van der Waals surface area contributed by atoms with Crippen LogP contribution in [-0.4, -0.2) is 28.6 Å². The first kappa shape index (κ1) is 17.5. The topological polar surface area (TPSA) is 94.0 Å². The van der Waals surface area contributed by atoms with E-state index < -0.39 is 17.7 Å². The van der Waals surface area contributed by atoms with Crippen molar-refractivity contribution < 1.29 is 22.7 Å². The van der Waals surface area contributed by atoms with Crippen molar-refractivity contribution in [1.82, 2.24) is 9.78 Å². The van der Waals surface area contributed by atoms with Crippen LogP contribution in [0.25, 0.3) is 11.1 Å². The number of alkyl halides is 3. The summed E-state index contributed by atoms with van der Waals surface area (Å²) in [5.74, 6) is -0.511. The van der Waals surface area contributed by atoms with E-state index in [1.165, 1.54) is 17.1 Å². The molecule has 2 aromatic rings. The van der Waals surface area contributed by atoms with E-state index in [0.29, 0.717) is 5.56 Å². The first-order valence-corrected chi connectivity index (χ1v) is 6.96. The van der Waals surface area contributed by atoms with Gasteiger partial charge in [0, 0.05) is 29.2 Å². The maximum atomic E-state index is 13.0. The van der Waals surface area contributed by atoms with E-state index in [-0.39, 0.29) is 30.0 Å². The van der Waals surface area contributed by atoms with Gasteiger partial charge in [-0.25, -0.2) is 0 Å². The average Bonchev–Trinajstić information content (AvgIpc) is 2.93. The minimum absolute atomic E-state index is 0.118. The van der Waals surface area contributed by atoms with E-state index in [0.717, 1.165) is 18.3 Å². The van der Waals surface area contributed by atoms with E-state index >= 15 is 0 Å². The number of nitrogens with zero attached hydrogens (tertiary/aromatic N) is 2. The lowest BCUT2D eigenvalue weighted by Gasteiger charge is -2.13. The quantitative estimate of drug-likeness (QED) is 0.497. The Bertz CT molecular complexity index is 769. The molecule has 1 aromatic heterocycles. The number of halogens is 3. The lowest BCUT2D eigenvalue weighted by atomic mass is 9.98. The van der Waals surface area contributed by atoms with Crippen LogP contribution in [0.5, 0.6) is 0 Å². The fourth-order valence-electron chi connectivity index (χ4n) is 2.17. The van der Waals surface area contributed by atoms with Gasteiger partial charge < -0.3 is 15.9 Å². The molecule has 128 valence electrons. The van der Waals surface area contributed by atoms with Gasteiger partial charge in [-0.3, -0.25) is 9.48 Å². The molecule has 2 rings (SSSR count). The van der Waals surface area contributed by atoms with Crippen molar-refractivity contribution in [1.29, 1.82) is 5.41 Å². The molecule has 0 unspecified atom stereocenters. The molecule has 0 aliphatic heterocycles. The minimum atomic E-state index is -4.57. The monoisotopic (exact) mass is 340 g/mol. The van der Waals surface area contributed by atoms with Crippen molar-refractivity contribution in [3.63, 3.8) is 0 Å². The summed E-state index contributed by atoms with van der Waals surface area (Å²) in [7, 11) is 0. The average molecular weight is 340 g/mol. The first-order chi connectivity index (χ1) is 11.3. The third kappa shape index (κ3) is 3.73. The number of anilines is 1. The number of carbonyl (C=O) groups is 1. The van der Waals surface area contributed by atoms with E-state index in [9.17, 15) is 18.0 Å². The molecule has 0 fully saturated rings. The Labute approximate surface area is 135 Å². The molecule has 0 aliphatic rings. The highest BCUT2D eigenvalue weighted by Gasteiger charge is 2.32. The maximum absolute atomic E-state index is 13.0. The molecule has 0 amide bonds. The number of esters is 1. The predicted octanol–water partition coefficient (Wildman–Crippen LogP) is 2.71. The molecular weight excluding hydrogens is 325 g/mol. The summed E-state index contributed by atoms with van der Waals surface area (Å²) in [6, 6.07) is 1.69. The number of ether oxygens (including phenoxy) is 1. The van der Waals surface area contributed by atoms with Crippen molar-refractivity contribution in [2.45, 2.75) is 19.6 Å². The molecule has 0 saturated carbocycles. The molecule has 0 aliphatic carbocycles. The van der Waals surface area contributed by atoms with Crippen LogP contribution in [-0.2, 0) is 22.3 Å². The van der Waals surface area contributed by atoms with Crippen LogP contribution < -0.4 is 5.73 Å². The van der Waals surface area contributed by atoms with E-state index in [4.69, 9.17) is 15.9 Å². The van der Waals surface area contributed by atoms with Gasteiger partial charge in [-0.1, -0.05) is 0 Å². The summed E-state index contributed by atoms with van der Waals surface area (Å²) in [5.41, 5.74) is 5.15. The third-order valence-electron chi connectivity index (χ3n) is 3.22. The van der Waals surface area contributed by atoms with Crippen molar-refractivity contribution in [3.8, 4) is 11.1 Å². The summed E-state index contributed by atoms with van der Waals surface area (Å²) in [6.45, 7) is 1.71. The lowest BCUT2D eigenvalue weighted by molar-refractivity contribution is -0.144. The number of carbonyl (C=O) groups excluding carboxylic acids is 1. The number of aromatic nitrogens is 2. The normalized spacial score (nSPS) is 11.3. The zero-order valence-electron chi connectivity index (χ0n) is 12.7. The standard InChI is InChI=1S/C15H15F3N4O2/c1-2-24-14(23)8-22-7-9(6-21-22)11-3-10(15(16,17)18)4-13(20)12(11)5-19/h3-7,19H,2,8,20H2,1H3. The highest BCUT2D eigenvalue weighted by molar-refractivity contribution is 5.95. The van der Waals surface area contributed by atoms with E-state index in [2.05, 4.69) is 5.10 Å². The second-order valence-electron chi connectivity index (χ2n) is 4.90. The number of hydrogen-bond acceptors (Lipinski definition) is 5. The smallest absolute Gasteiger partial charge is 0.416 e. The van der Waals surface area contributed by atoms with Gasteiger partial charge in [-0.15, -0.1) is 0 Å². The van der Waals surface area contributed by atoms with E-state index in [1.54, 1.807) is 6.92 Å². The Kier molecular flexibility index (Phi) is 4.91. The highest BCUT2D eigenvalue weighted by Crippen LogP contribution is 2.36. The van der Waals surface area contributed by atoms with Crippen LogP contribution in [0.2, 0.25) is 0 Å². The second-order valence-corrected chi connectivity index (χ2v) is 4.90. The third-order valence-corrected chi connectivity index (χ3v) is 3.22. The van der Waals surface area contributed by atoms with Gasteiger partial charge in [-0.05, 0) is 24.6 Å². The van der Waals surface area contributed by atoms with Gasteiger partial charge in [0.25, 0.3) is 0 Å². The molecule has 9 heteroatoms. The highest BCUT2D eigenvalue weighted by atomic mass is 19.4. The summed E-state index contributed by atoms with van der Waals surface area (Å²) in [4.78, 5) is 11.4. The molecule has 0 atom stereocenters. The molecule has 1 heterocycles. The zero-order chi connectivity index (χ0) is 17.9. The molecule has 1 aromatic carbocycles. The molecule has 0 spiro atoms. The van der Waals surface area contributed by atoms with Crippen LogP contribution in [0.1, 0.15) is 18.1 Å². The number of nitrogens with two attached hydrogens (primary N) is 1. The fourth-order valence-corrected chi connectivity index (χ4v) is 2.17. The zero-order valence-corrected chi connectivity index (χ0v) is 12.7. The van der Waals surface area contributed by atoms with Gasteiger partial charge in [0.2, 0.25) is 0 Å². The summed E-state index contributed by atoms with van der Waals surface area (Å²) in [5, 5.41) is 11.3. The molecule has 6 nitrogen and oxygen atoms in total. The van der Waals surface area contributed by atoms with Crippen LogP contribution >= 0.6 is 0 Å². The van der Waals surface area contributed by atoms with Crippen LogP contribution in [0.15, 0.2) is 24.5 Å². The second kappa shape index (κ2) is 6.73. The van der Waals surface area contributed by atoms with Crippen molar-refractivity contribution in [2.75, 3.05) is 12.3 Å². The van der Waals surface area contributed by atoms with Crippen LogP contribution in [0, 0.1) is 5.41 Å². The largest absolute Gasteiger partial charge is 0.465 e.